The first-order chi connectivity index (χ1) is 14.0. The molecule has 1 N–H and O–H groups in total. The van der Waals surface area contributed by atoms with Crippen LogP contribution >= 0.6 is 0 Å². The fourth-order valence-corrected chi connectivity index (χ4v) is 4.62. The Morgan fingerprint density at radius 1 is 1.10 bits per heavy atom. The summed E-state index contributed by atoms with van der Waals surface area (Å²) >= 11 is 0. The van der Waals surface area contributed by atoms with E-state index in [0.717, 1.165) is 27.3 Å². The Balaban J connectivity index is 2.38. The third kappa shape index (κ3) is 5.33. The molecule has 0 aliphatic rings. The molecule has 0 saturated heterocycles. The Bertz CT molecular complexity index is 1020. The molecule has 0 aliphatic heterocycles. The van der Waals surface area contributed by atoms with Gasteiger partial charge in [0, 0.05) is 0 Å². The van der Waals surface area contributed by atoms with Crippen LogP contribution in [0.1, 0.15) is 48.6 Å². The van der Waals surface area contributed by atoms with E-state index in [4.69, 9.17) is 4.74 Å². The van der Waals surface area contributed by atoms with Crippen LogP contribution in [0.5, 0.6) is 5.75 Å². The molecule has 0 heterocycles. The van der Waals surface area contributed by atoms with Gasteiger partial charge >= 0.3 is 0 Å². The van der Waals surface area contributed by atoms with Crippen LogP contribution in [0.25, 0.3) is 0 Å². The van der Waals surface area contributed by atoms with Gasteiger partial charge in [0.25, 0.3) is 0 Å². The van der Waals surface area contributed by atoms with Crippen LogP contribution in [0.4, 0.5) is 5.69 Å². The van der Waals surface area contributed by atoms with Gasteiger partial charge in [-0.15, -0.1) is 0 Å². The van der Waals surface area contributed by atoms with Crippen molar-refractivity contribution in [3.05, 3.63) is 58.7 Å². The molecule has 7 heteroatoms. The zero-order valence-electron chi connectivity index (χ0n) is 18.8. The molecule has 6 nitrogen and oxygen atoms in total. The van der Waals surface area contributed by atoms with Crippen LogP contribution < -0.4 is 14.4 Å². The van der Waals surface area contributed by atoms with Crippen molar-refractivity contribution < 1.29 is 17.9 Å². The number of sulfonamides is 1. The maximum Gasteiger partial charge on any atom is 0.244 e. The lowest BCUT2D eigenvalue weighted by molar-refractivity contribution is -0.122. The Morgan fingerprint density at radius 3 is 2.30 bits per heavy atom. The standard InChI is InChI=1S/C23H32N2O4S/c1-8-20(19-11-10-16(3)17(4)14-19)24-23(26)18(5)25(30(7,27)28)21-13-15(2)9-12-22(21)29-6/h9-14,18,20H,8H2,1-7H3,(H,24,26)/t18-,20-/m0/s1. The predicted octanol–water partition coefficient (Wildman–Crippen LogP) is 4.04. The minimum atomic E-state index is -3.74. The first kappa shape index (κ1) is 23.7. The molecule has 1 amide bonds. The van der Waals surface area contributed by atoms with E-state index in [0.29, 0.717) is 17.9 Å². The molecule has 0 bridgehead atoms. The third-order valence-electron chi connectivity index (χ3n) is 5.32. The lowest BCUT2D eigenvalue weighted by Crippen LogP contribution is -2.48. The van der Waals surface area contributed by atoms with Gasteiger partial charge in [-0.25, -0.2) is 8.42 Å². The Labute approximate surface area is 180 Å². The van der Waals surface area contributed by atoms with E-state index >= 15 is 0 Å². The first-order valence-corrected chi connectivity index (χ1v) is 11.9. The number of amides is 1. The largest absolute Gasteiger partial charge is 0.495 e. The van der Waals surface area contributed by atoms with E-state index in [1.165, 1.54) is 12.7 Å². The monoisotopic (exact) mass is 432 g/mol. The number of methoxy groups -OCH3 is 1. The van der Waals surface area contributed by atoms with Crippen molar-refractivity contribution in [2.75, 3.05) is 17.7 Å². The number of anilines is 1. The molecule has 0 aliphatic carbocycles. The lowest BCUT2D eigenvalue weighted by atomic mass is 9.99. The minimum Gasteiger partial charge on any atom is -0.495 e. The highest BCUT2D eigenvalue weighted by Gasteiger charge is 2.32. The van der Waals surface area contributed by atoms with E-state index in [2.05, 4.69) is 11.4 Å². The number of carbonyl (C=O) groups is 1. The van der Waals surface area contributed by atoms with Crippen molar-refractivity contribution in [1.29, 1.82) is 0 Å². The summed E-state index contributed by atoms with van der Waals surface area (Å²) in [4.78, 5) is 13.1. The number of rotatable bonds is 8. The molecule has 0 saturated carbocycles. The number of nitrogens with zero attached hydrogens (tertiary/aromatic N) is 1. The van der Waals surface area contributed by atoms with Gasteiger partial charge in [-0.2, -0.15) is 0 Å². The van der Waals surface area contributed by atoms with Crippen LogP contribution in [-0.2, 0) is 14.8 Å². The molecule has 0 fully saturated rings. The Morgan fingerprint density at radius 2 is 1.77 bits per heavy atom. The summed E-state index contributed by atoms with van der Waals surface area (Å²) in [5, 5.41) is 3.02. The maximum atomic E-state index is 13.1. The number of ether oxygens (including phenoxy) is 1. The molecule has 2 aromatic rings. The summed E-state index contributed by atoms with van der Waals surface area (Å²) in [5.74, 6) is 0.0286. The second-order valence-electron chi connectivity index (χ2n) is 7.72. The highest BCUT2D eigenvalue weighted by molar-refractivity contribution is 7.92. The normalized spacial score (nSPS) is 13.4. The summed E-state index contributed by atoms with van der Waals surface area (Å²) in [7, 11) is -2.26. The summed E-state index contributed by atoms with van der Waals surface area (Å²) < 4.78 is 31.8. The van der Waals surface area contributed by atoms with Gasteiger partial charge in [-0.1, -0.05) is 31.2 Å². The Hall–Kier alpha value is -2.54. The summed E-state index contributed by atoms with van der Waals surface area (Å²) in [5.41, 5.74) is 4.55. The van der Waals surface area contributed by atoms with Crippen molar-refractivity contribution in [1.82, 2.24) is 5.32 Å². The quantitative estimate of drug-likeness (QED) is 0.683. The molecule has 0 unspecified atom stereocenters. The molecule has 164 valence electrons. The predicted molar refractivity (Wildman–Crippen MR) is 122 cm³/mol. The number of benzene rings is 2. The van der Waals surface area contributed by atoms with E-state index in [1.54, 1.807) is 19.1 Å². The van der Waals surface area contributed by atoms with Gasteiger partial charge in [-0.3, -0.25) is 9.10 Å². The number of hydrogen-bond acceptors (Lipinski definition) is 4. The average Bonchev–Trinajstić information content (AvgIpc) is 2.67. The van der Waals surface area contributed by atoms with Gasteiger partial charge in [0.1, 0.15) is 11.8 Å². The fraction of sp³-hybridized carbons (Fsp3) is 0.435. The molecule has 0 spiro atoms. The van der Waals surface area contributed by atoms with E-state index in [9.17, 15) is 13.2 Å². The van der Waals surface area contributed by atoms with Gasteiger partial charge in [0.2, 0.25) is 15.9 Å². The molecular formula is C23H32N2O4S. The van der Waals surface area contributed by atoms with Gasteiger partial charge in [0.05, 0.1) is 25.1 Å². The molecule has 2 rings (SSSR count). The highest BCUT2D eigenvalue weighted by atomic mass is 32.2. The molecule has 2 aromatic carbocycles. The number of aryl methyl sites for hydroxylation is 3. The van der Waals surface area contributed by atoms with E-state index in [-0.39, 0.29) is 11.9 Å². The molecule has 0 aromatic heterocycles. The Kier molecular flexibility index (Phi) is 7.53. The summed E-state index contributed by atoms with van der Waals surface area (Å²) in [6.07, 6.45) is 1.78. The SMILES string of the molecule is CC[C@H](NC(=O)[C@H](C)N(c1cc(C)ccc1OC)S(C)(=O)=O)c1ccc(C)c(C)c1. The molecule has 2 atom stereocenters. The van der Waals surface area contributed by atoms with Crippen molar-refractivity contribution in [2.45, 2.75) is 53.1 Å². The van der Waals surface area contributed by atoms with Gasteiger partial charge in [0.15, 0.2) is 0 Å². The summed E-state index contributed by atoms with van der Waals surface area (Å²) in [6, 6.07) is 10.2. The minimum absolute atomic E-state index is 0.208. The topological polar surface area (TPSA) is 75.7 Å². The zero-order valence-corrected chi connectivity index (χ0v) is 19.6. The van der Waals surface area contributed by atoms with Gasteiger partial charge in [-0.05, 0) is 68.5 Å². The molecule has 30 heavy (non-hydrogen) atoms. The van der Waals surface area contributed by atoms with Crippen LogP contribution in [-0.4, -0.2) is 33.7 Å². The second-order valence-corrected chi connectivity index (χ2v) is 9.58. The fourth-order valence-electron chi connectivity index (χ4n) is 3.45. The van der Waals surface area contributed by atoms with Crippen molar-refractivity contribution >= 4 is 21.6 Å². The van der Waals surface area contributed by atoms with Crippen LogP contribution in [0, 0.1) is 20.8 Å². The van der Waals surface area contributed by atoms with Crippen molar-refractivity contribution in [2.24, 2.45) is 0 Å². The van der Waals surface area contributed by atoms with Crippen molar-refractivity contribution in [3.8, 4) is 5.75 Å². The third-order valence-corrected chi connectivity index (χ3v) is 6.55. The first-order valence-electron chi connectivity index (χ1n) is 10.0. The lowest BCUT2D eigenvalue weighted by Gasteiger charge is -2.31. The van der Waals surface area contributed by atoms with Crippen LogP contribution in [0.3, 0.4) is 0 Å². The second kappa shape index (κ2) is 9.51. The van der Waals surface area contributed by atoms with E-state index in [1.807, 2.05) is 45.9 Å². The number of hydrogen-bond donors (Lipinski definition) is 1. The molecule has 0 radical (unpaired) electrons. The highest BCUT2D eigenvalue weighted by Crippen LogP contribution is 2.33. The number of nitrogens with one attached hydrogen (secondary N) is 1. The van der Waals surface area contributed by atoms with Crippen molar-refractivity contribution in [3.63, 3.8) is 0 Å². The van der Waals surface area contributed by atoms with Gasteiger partial charge < -0.3 is 10.1 Å². The smallest absolute Gasteiger partial charge is 0.244 e. The van der Waals surface area contributed by atoms with Crippen LogP contribution in [0.2, 0.25) is 0 Å². The number of carbonyl (C=O) groups excluding carboxylic acids is 1. The zero-order chi connectivity index (χ0) is 22.6. The maximum absolute atomic E-state index is 13.1. The average molecular weight is 433 g/mol. The van der Waals surface area contributed by atoms with Crippen LogP contribution in [0.15, 0.2) is 36.4 Å². The summed E-state index contributed by atoms with van der Waals surface area (Å²) in [6.45, 7) is 9.51. The molecular weight excluding hydrogens is 400 g/mol. The van der Waals surface area contributed by atoms with E-state index < -0.39 is 16.1 Å².